The van der Waals surface area contributed by atoms with Crippen LogP contribution in [0.15, 0.2) is 24.3 Å². The highest BCUT2D eigenvalue weighted by Crippen LogP contribution is 2.42. The number of ketones is 3. The number of phenols is 2. The van der Waals surface area contributed by atoms with Crippen LogP contribution in [0.4, 0.5) is 11.4 Å². The molecule has 0 spiro atoms. The summed E-state index contributed by atoms with van der Waals surface area (Å²) in [6.07, 6.45) is 2.84. The van der Waals surface area contributed by atoms with Gasteiger partial charge in [0.05, 0.1) is 28.3 Å². The van der Waals surface area contributed by atoms with Gasteiger partial charge in [0.1, 0.15) is 17.3 Å². The van der Waals surface area contributed by atoms with Crippen LogP contribution >= 0.6 is 0 Å². The van der Waals surface area contributed by atoms with Gasteiger partial charge in [-0.1, -0.05) is 0 Å². The van der Waals surface area contributed by atoms with Crippen LogP contribution in [0, 0.1) is 0 Å². The molecule has 0 bridgehead atoms. The van der Waals surface area contributed by atoms with Crippen LogP contribution in [0.2, 0.25) is 0 Å². The van der Waals surface area contributed by atoms with Crippen LogP contribution in [0.3, 0.4) is 0 Å². The van der Waals surface area contributed by atoms with Gasteiger partial charge in [0.2, 0.25) is 11.6 Å². The van der Waals surface area contributed by atoms with Crippen molar-refractivity contribution in [2.75, 3.05) is 50.9 Å². The van der Waals surface area contributed by atoms with E-state index in [1.165, 1.54) is 12.1 Å². The van der Waals surface area contributed by atoms with E-state index in [-0.39, 0.29) is 45.6 Å². The molecular formula is C26H32N4O5. The zero-order chi connectivity index (χ0) is 25.1. The molecule has 35 heavy (non-hydrogen) atoms. The third-order valence-corrected chi connectivity index (χ3v) is 6.51. The van der Waals surface area contributed by atoms with E-state index < -0.39 is 11.6 Å². The molecule has 1 heterocycles. The first-order chi connectivity index (χ1) is 16.8. The largest absolute Gasteiger partial charge is 0.507 e. The maximum absolute atomic E-state index is 13.5. The number of Topliss-reactive ketones (excluding diaryl/α,β-unsaturated/α-hetero) is 1. The molecule has 2 aromatic carbocycles. The number of phenolic OH excluding ortho intramolecular Hbond substituents is 2. The van der Waals surface area contributed by atoms with Crippen molar-refractivity contribution in [1.82, 2.24) is 10.2 Å². The van der Waals surface area contributed by atoms with Gasteiger partial charge in [-0.05, 0) is 64.2 Å². The summed E-state index contributed by atoms with van der Waals surface area (Å²) in [5, 5.41) is 30.5. The number of hydrogen-bond donors (Lipinski definition) is 5. The van der Waals surface area contributed by atoms with E-state index >= 15 is 0 Å². The number of rotatable bonds is 10. The molecule has 0 aromatic heterocycles. The Bertz CT molecular complexity index is 1150. The zero-order valence-corrected chi connectivity index (χ0v) is 20.1. The van der Waals surface area contributed by atoms with E-state index in [2.05, 4.69) is 16.0 Å². The zero-order valence-electron chi connectivity index (χ0n) is 20.1. The van der Waals surface area contributed by atoms with Crippen LogP contribution in [-0.4, -0.2) is 78.8 Å². The normalized spacial score (nSPS) is 16.8. The Hall–Kier alpha value is -3.43. The third-order valence-electron chi connectivity index (χ3n) is 6.51. The summed E-state index contributed by atoms with van der Waals surface area (Å²) in [5.74, 6) is -1.46. The second kappa shape index (κ2) is 10.5. The molecule has 9 heteroatoms. The Morgan fingerprint density at radius 3 is 2.03 bits per heavy atom. The van der Waals surface area contributed by atoms with Crippen molar-refractivity contribution < 1.29 is 24.6 Å². The van der Waals surface area contributed by atoms with E-state index in [0.717, 1.165) is 19.4 Å². The lowest BCUT2D eigenvalue weighted by atomic mass is 9.81. The van der Waals surface area contributed by atoms with E-state index in [9.17, 15) is 24.6 Å². The second-order valence-corrected chi connectivity index (χ2v) is 9.30. The number of carbonyl (C=O) groups is 3. The average Bonchev–Trinajstić information content (AvgIpc) is 3.36. The third kappa shape index (κ3) is 5.01. The maximum atomic E-state index is 13.5. The molecule has 4 rings (SSSR count). The number of fused-ring (bicyclic) bond motifs is 2. The quantitative estimate of drug-likeness (QED) is 0.219. The molecule has 0 saturated carbocycles. The molecule has 1 aliphatic heterocycles. The standard InChI is InChI=1S/C26H32N4O5/c1-30(2)14-13-29-17-8-10-20(33)24-22(17)26(35)23-19(32)9-7-16(21(23)25(24)34)28-12-4-6-18(31)15-5-3-11-27-15/h7-10,15,27-29,32-33H,3-6,11-14H2,1-2H3. The fourth-order valence-electron chi connectivity index (χ4n) is 4.69. The van der Waals surface area contributed by atoms with Crippen molar-refractivity contribution in [3.63, 3.8) is 0 Å². The van der Waals surface area contributed by atoms with Crippen LogP contribution in [0.5, 0.6) is 11.5 Å². The molecule has 1 aliphatic carbocycles. The Labute approximate surface area is 204 Å². The van der Waals surface area contributed by atoms with Gasteiger partial charge < -0.3 is 31.1 Å². The summed E-state index contributed by atoms with van der Waals surface area (Å²) >= 11 is 0. The first kappa shape index (κ1) is 24.7. The van der Waals surface area contributed by atoms with Gasteiger partial charge in [-0.2, -0.15) is 0 Å². The van der Waals surface area contributed by atoms with Crippen molar-refractivity contribution in [3.05, 3.63) is 46.5 Å². The monoisotopic (exact) mass is 480 g/mol. The summed E-state index contributed by atoms with van der Waals surface area (Å²) in [5.41, 5.74) is 0.753. The van der Waals surface area contributed by atoms with Crippen molar-refractivity contribution >= 4 is 28.7 Å². The molecule has 186 valence electrons. The Morgan fingerprint density at radius 2 is 1.51 bits per heavy atom. The van der Waals surface area contributed by atoms with Gasteiger partial charge in [-0.25, -0.2) is 0 Å². The Balaban J connectivity index is 1.57. The number of hydrogen-bond acceptors (Lipinski definition) is 9. The van der Waals surface area contributed by atoms with Crippen molar-refractivity contribution in [3.8, 4) is 11.5 Å². The smallest absolute Gasteiger partial charge is 0.200 e. The SMILES string of the molecule is CN(C)CCNc1ccc(O)c2c1C(=O)c1c(O)ccc(NCCCC(=O)C3CCCN3)c1C2=O. The second-order valence-electron chi connectivity index (χ2n) is 9.30. The molecule has 5 N–H and O–H groups in total. The van der Waals surface area contributed by atoms with Gasteiger partial charge in [0, 0.05) is 37.4 Å². The summed E-state index contributed by atoms with van der Waals surface area (Å²) in [6, 6.07) is 5.81. The van der Waals surface area contributed by atoms with E-state index in [1.54, 1.807) is 12.1 Å². The number of nitrogens with zero attached hydrogens (tertiary/aromatic N) is 1. The van der Waals surface area contributed by atoms with Crippen molar-refractivity contribution in [2.24, 2.45) is 0 Å². The Morgan fingerprint density at radius 1 is 0.943 bits per heavy atom. The Kier molecular flexibility index (Phi) is 7.37. The average molecular weight is 481 g/mol. The summed E-state index contributed by atoms with van der Waals surface area (Å²) in [4.78, 5) is 41.3. The molecule has 2 aromatic rings. The summed E-state index contributed by atoms with van der Waals surface area (Å²) in [7, 11) is 3.85. The van der Waals surface area contributed by atoms with E-state index in [0.29, 0.717) is 43.9 Å². The minimum absolute atomic E-state index is 0.0343. The van der Waals surface area contributed by atoms with Crippen LogP contribution in [-0.2, 0) is 4.79 Å². The number of anilines is 2. The lowest BCUT2D eigenvalue weighted by molar-refractivity contribution is -0.120. The molecule has 0 radical (unpaired) electrons. The number of nitrogens with one attached hydrogen (secondary N) is 3. The van der Waals surface area contributed by atoms with Gasteiger partial charge >= 0.3 is 0 Å². The predicted molar refractivity (Wildman–Crippen MR) is 134 cm³/mol. The minimum atomic E-state index is -0.534. The van der Waals surface area contributed by atoms with E-state index in [1.807, 2.05) is 19.0 Å². The first-order valence-corrected chi connectivity index (χ1v) is 12.0. The number of aromatic hydroxyl groups is 2. The van der Waals surface area contributed by atoms with Gasteiger partial charge in [-0.15, -0.1) is 0 Å². The summed E-state index contributed by atoms with van der Waals surface area (Å²) < 4.78 is 0. The molecule has 1 fully saturated rings. The molecule has 1 unspecified atom stereocenters. The fraction of sp³-hybridized carbons (Fsp3) is 0.423. The van der Waals surface area contributed by atoms with Crippen molar-refractivity contribution in [1.29, 1.82) is 0 Å². The molecular weight excluding hydrogens is 448 g/mol. The van der Waals surface area contributed by atoms with E-state index in [4.69, 9.17) is 0 Å². The van der Waals surface area contributed by atoms with Gasteiger partial charge in [0.15, 0.2) is 0 Å². The molecule has 2 aliphatic rings. The lowest BCUT2D eigenvalue weighted by Crippen LogP contribution is -2.30. The number of carbonyl (C=O) groups excluding carboxylic acids is 3. The van der Waals surface area contributed by atoms with Crippen LogP contribution < -0.4 is 16.0 Å². The lowest BCUT2D eigenvalue weighted by Gasteiger charge is -2.24. The molecule has 9 nitrogen and oxygen atoms in total. The molecule has 0 amide bonds. The predicted octanol–water partition coefficient (Wildman–Crippen LogP) is 2.36. The molecule has 1 atom stereocenters. The maximum Gasteiger partial charge on any atom is 0.200 e. The highest BCUT2D eigenvalue weighted by molar-refractivity contribution is 6.33. The van der Waals surface area contributed by atoms with Crippen molar-refractivity contribution in [2.45, 2.75) is 31.7 Å². The number of likely N-dealkylation sites (N-methyl/N-ethyl adjacent to an activating group) is 1. The first-order valence-electron chi connectivity index (χ1n) is 12.0. The topological polar surface area (TPSA) is 131 Å². The van der Waals surface area contributed by atoms with Gasteiger partial charge in [-0.3, -0.25) is 14.4 Å². The van der Waals surface area contributed by atoms with Crippen LogP contribution in [0.25, 0.3) is 0 Å². The molecule has 1 saturated heterocycles. The minimum Gasteiger partial charge on any atom is -0.507 e. The highest BCUT2D eigenvalue weighted by atomic mass is 16.3. The number of benzene rings is 2. The highest BCUT2D eigenvalue weighted by Gasteiger charge is 2.38. The summed E-state index contributed by atoms with van der Waals surface area (Å²) in [6.45, 7) is 2.52. The fourth-order valence-corrected chi connectivity index (χ4v) is 4.69. The van der Waals surface area contributed by atoms with Crippen LogP contribution in [0.1, 0.15) is 57.5 Å². The van der Waals surface area contributed by atoms with Gasteiger partial charge in [0.25, 0.3) is 0 Å².